The van der Waals surface area contributed by atoms with Crippen LogP contribution < -0.4 is 5.73 Å². The third-order valence-corrected chi connectivity index (χ3v) is 2.86. The summed E-state index contributed by atoms with van der Waals surface area (Å²) in [6.45, 7) is 7.10. The van der Waals surface area contributed by atoms with Crippen molar-refractivity contribution in [2.24, 2.45) is 5.73 Å². The molecule has 0 radical (unpaired) electrons. The molecular formula is C11H25N3O2. The van der Waals surface area contributed by atoms with Crippen molar-refractivity contribution in [2.75, 3.05) is 66.6 Å². The first-order valence-corrected chi connectivity index (χ1v) is 5.97. The minimum absolute atomic E-state index is 0.308. The summed E-state index contributed by atoms with van der Waals surface area (Å²) in [5.74, 6) is 0. The van der Waals surface area contributed by atoms with Crippen molar-refractivity contribution in [3.8, 4) is 0 Å². The molecule has 5 nitrogen and oxygen atoms in total. The van der Waals surface area contributed by atoms with Crippen LogP contribution in [0.4, 0.5) is 0 Å². The number of ether oxygens (including phenoxy) is 2. The van der Waals surface area contributed by atoms with E-state index in [1.165, 1.54) is 0 Å². The molecule has 1 unspecified atom stereocenters. The van der Waals surface area contributed by atoms with Crippen LogP contribution in [0.3, 0.4) is 0 Å². The van der Waals surface area contributed by atoms with Crippen molar-refractivity contribution in [3.63, 3.8) is 0 Å². The summed E-state index contributed by atoms with van der Waals surface area (Å²) in [5.41, 5.74) is 5.60. The molecule has 0 aromatic heterocycles. The predicted molar refractivity (Wildman–Crippen MR) is 64.6 cm³/mol. The molecule has 5 heteroatoms. The molecule has 0 aliphatic carbocycles. The standard InChI is InChI=1S/C11H25N3O2/c1-13-5-8-16-11(9-13)10-14(4-3-12)6-7-15-2/h11H,3-10,12H2,1-2H3. The Balaban J connectivity index is 2.28. The number of rotatable bonds is 7. The van der Waals surface area contributed by atoms with Gasteiger partial charge in [-0.2, -0.15) is 0 Å². The lowest BCUT2D eigenvalue weighted by Crippen LogP contribution is -2.47. The van der Waals surface area contributed by atoms with Crippen LogP contribution in [0.15, 0.2) is 0 Å². The highest BCUT2D eigenvalue weighted by molar-refractivity contribution is 4.73. The summed E-state index contributed by atoms with van der Waals surface area (Å²) in [7, 11) is 3.86. The SMILES string of the molecule is COCCN(CCN)CC1CN(C)CCO1. The van der Waals surface area contributed by atoms with Crippen molar-refractivity contribution >= 4 is 0 Å². The number of likely N-dealkylation sites (N-methyl/N-ethyl adjacent to an activating group) is 1. The Kier molecular flexibility index (Phi) is 6.91. The lowest BCUT2D eigenvalue weighted by molar-refractivity contribution is -0.0373. The molecule has 1 saturated heterocycles. The summed E-state index contributed by atoms with van der Waals surface area (Å²) < 4.78 is 10.8. The minimum atomic E-state index is 0.308. The van der Waals surface area contributed by atoms with E-state index in [2.05, 4.69) is 16.8 Å². The zero-order valence-corrected chi connectivity index (χ0v) is 10.5. The minimum Gasteiger partial charge on any atom is -0.383 e. The Morgan fingerprint density at radius 3 is 2.94 bits per heavy atom. The van der Waals surface area contributed by atoms with Crippen LogP contribution in [0.5, 0.6) is 0 Å². The molecule has 1 fully saturated rings. The van der Waals surface area contributed by atoms with Crippen LogP contribution in [0.2, 0.25) is 0 Å². The van der Waals surface area contributed by atoms with E-state index in [1.54, 1.807) is 7.11 Å². The Morgan fingerprint density at radius 2 is 2.31 bits per heavy atom. The highest BCUT2D eigenvalue weighted by Gasteiger charge is 2.20. The average molecular weight is 231 g/mol. The molecule has 1 aliphatic rings. The molecule has 0 aromatic rings. The zero-order valence-electron chi connectivity index (χ0n) is 10.5. The first kappa shape index (κ1) is 13.9. The number of morpholine rings is 1. The van der Waals surface area contributed by atoms with Gasteiger partial charge in [0.1, 0.15) is 0 Å². The summed E-state index contributed by atoms with van der Waals surface area (Å²) in [6.07, 6.45) is 0.308. The third kappa shape index (κ3) is 5.23. The van der Waals surface area contributed by atoms with Crippen molar-refractivity contribution in [1.82, 2.24) is 9.80 Å². The topological polar surface area (TPSA) is 51.0 Å². The van der Waals surface area contributed by atoms with Gasteiger partial charge in [0.05, 0.1) is 19.3 Å². The maximum atomic E-state index is 5.74. The highest BCUT2D eigenvalue weighted by Crippen LogP contribution is 2.05. The average Bonchev–Trinajstić information content (AvgIpc) is 2.26. The second-order valence-corrected chi connectivity index (χ2v) is 4.34. The molecular weight excluding hydrogens is 206 g/mol. The van der Waals surface area contributed by atoms with E-state index < -0.39 is 0 Å². The van der Waals surface area contributed by atoms with Gasteiger partial charge in [-0.25, -0.2) is 0 Å². The lowest BCUT2D eigenvalue weighted by atomic mass is 10.2. The molecule has 0 saturated carbocycles. The molecule has 0 spiro atoms. The second kappa shape index (κ2) is 7.97. The number of nitrogens with zero attached hydrogens (tertiary/aromatic N) is 2. The van der Waals surface area contributed by atoms with Gasteiger partial charge < -0.3 is 20.1 Å². The van der Waals surface area contributed by atoms with E-state index >= 15 is 0 Å². The molecule has 1 heterocycles. The number of methoxy groups -OCH3 is 1. The molecule has 1 rings (SSSR count). The first-order chi connectivity index (χ1) is 7.76. The van der Waals surface area contributed by atoms with E-state index in [-0.39, 0.29) is 0 Å². The quantitative estimate of drug-likeness (QED) is 0.623. The van der Waals surface area contributed by atoms with Crippen molar-refractivity contribution in [1.29, 1.82) is 0 Å². The summed E-state index contributed by atoms with van der Waals surface area (Å²) in [4.78, 5) is 4.62. The van der Waals surface area contributed by atoms with Crippen LogP contribution in [-0.4, -0.2) is 82.5 Å². The van der Waals surface area contributed by atoms with Crippen LogP contribution in [0, 0.1) is 0 Å². The van der Waals surface area contributed by atoms with E-state index in [1.807, 2.05) is 0 Å². The van der Waals surface area contributed by atoms with Crippen molar-refractivity contribution in [3.05, 3.63) is 0 Å². The molecule has 96 valence electrons. The van der Waals surface area contributed by atoms with Gasteiger partial charge in [0, 0.05) is 46.4 Å². The number of nitrogens with two attached hydrogens (primary N) is 1. The predicted octanol–water partition coefficient (Wildman–Crippen LogP) is -0.776. The fourth-order valence-electron chi connectivity index (χ4n) is 1.96. The number of hydrogen-bond donors (Lipinski definition) is 1. The molecule has 1 atom stereocenters. The van der Waals surface area contributed by atoms with E-state index in [0.29, 0.717) is 12.6 Å². The largest absolute Gasteiger partial charge is 0.383 e. The summed E-state index contributed by atoms with van der Waals surface area (Å²) in [6, 6.07) is 0. The lowest BCUT2D eigenvalue weighted by Gasteiger charge is -2.33. The Hall–Kier alpha value is -0.200. The van der Waals surface area contributed by atoms with Crippen LogP contribution >= 0.6 is 0 Å². The molecule has 0 aromatic carbocycles. The Bertz CT molecular complexity index is 181. The van der Waals surface area contributed by atoms with Crippen LogP contribution in [0.1, 0.15) is 0 Å². The normalized spacial score (nSPS) is 22.9. The number of hydrogen-bond acceptors (Lipinski definition) is 5. The van der Waals surface area contributed by atoms with Crippen molar-refractivity contribution < 1.29 is 9.47 Å². The molecule has 1 aliphatic heterocycles. The third-order valence-electron chi connectivity index (χ3n) is 2.86. The summed E-state index contributed by atoms with van der Waals surface area (Å²) in [5, 5.41) is 0. The van der Waals surface area contributed by atoms with Gasteiger partial charge >= 0.3 is 0 Å². The van der Waals surface area contributed by atoms with Gasteiger partial charge in [-0.05, 0) is 7.05 Å². The second-order valence-electron chi connectivity index (χ2n) is 4.34. The van der Waals surface area contributed by atoms with Gasteiger partial charge in [0.2, 0.25) is 0 Å². The van der Waals surface area contributed by atoms with Crippen LogP contribution in [0.25, 0.3) is 0 Å². The Morgan fingerprint density at radius 1 is 1.50 bits per heavy atom. The molecule has 16 heavy (non-hydrogen) atoms. The van der Waals surface area contributed by atoms with Crippen molar-refractivity contribution in [2.45, 2.75) is 6.10 Å². The fraction of sp³-hybridized carbons (Fsp3) is 1.00. The highest BCUT2D eigenvalue weighted by atomic mass is 16.5. The zero-order chi connectivity index (χ0) is 11.8. The van der Waals surface area contributed by atoms with E-state index in [0.717, 1.165) is 45.9 Å². The van der Waals surface area contributed by atoms with E-state index in [9.17, 15) is 0 Å². The fourth-order valence-corrected chi connectivity index (χ4v) is 1.96. The van der Waals surface area contributed by atoms with Gasteiger partial charge in [-0.1, -0.05) is 0 Å². The maximum absolute atomic E-state index is 5.74. The smallest absolute Gasteiger partial charge is 0.0829 e. The summed E-state index contributed by atoms with van der Waals surface area (Å²) >= 11 is 0. The Labute approximate surface area is 98.5 Å². The maximum Gasteiger partial charge on any atom is 0.0829 e. The van der Waals surface area contributed by atoms with Gasteiger partial charge in [-0.3, -0.25) is 4.90 Å². The first-order valence-electron chi connectivity index (χ1n) is 5.97. The van der Waals surface area contributed by atoms with Crippen LogP contribution in [-0.2, 0) is 9.47 Å². The van der Waals surface area contributed by atoms with Gasteiger partial charge in [0.15, 0.2) is 0 Å². The molecule has 0 amide bonds. The molecule has 0 bridgehead atoms. The monoisotopic (exact) mass is 231 g/mol. The van der Waals surface area contributed by atoms with E-state index in [4.69, 9.17) is 15.2 Å². The van der Waals surface area contributed by atoms with Gasteiger partial charge in [0.25, 0.3) is 0 Å². The van der Waals surface area contributed by atoms with Gasteiger partial charge in [-0.15, -0.1) is 0 Å². The molecule has 2 N–H and O–H groups in total.